The Labute approximate surface area is 287 Å². The highest BCUT2D eigenvalue weighted by Gasteiger charge is 2.44. The third-order valence-electron chi connectivity index (χ3n) is 8.38. The van der Waals surface area contributed by atoms with Gasteiger partial charge in [-0.15, -0.1) is 0 Å². The summed E-state index contributed by atoms with van der Waals surface area (Å²) in [4.78, 5) is 14.3. The second kappa shape index (κ2) is 13.8. The van der Waals surface area contributed by atoms with Crippen molar-refractivity contribution in [2.24, 2.45) is 5.90 Å². The van der Waals surface area contributed by atoms with Crippen molar-refractivity contribution in [3.63, 3.8) is 0 Å². The lowest BCUT2D eigenvalue weighted by Gasteiger charge is -2.24. The quantitative estimate of drug-likeness (QED) is 0.143. The number of methoxy groups -OCH3 is 1. The van der Waals surface area contributed by atoms with Crippen LogP contribution in [0, 0.1) is 6.92 Å². The molecule has 5 rings (SSSR count). The lowest BCUT2D eigenvalue weighted by atomic mass is 9.92. The maximum Gasteiger partial charge on any atom is 0.416 e. The number of hydrogen-bond acceptors (Lipinski definition) is 6. The van der Waals surface area contributed by atoms with Crippen LogP contribution in [0.15, 0.2) is 77.7 Å². The molecule has 0 radical (unpaired) electrons. The maximum atomic E-state index is 14.0. The van der Waals surface area contributed by atoms with Crippen molar-refractivity contribution in [3.05, 3.63) is 106 Å². The van der Waals surface area contributed by atoms with E-state index in [0.717, 1.165) is 17.0 Å². The largest absolute Gasteiger partial charge is 0.496 e. The summed E-state index contributed by atoms with van der Waals surface area (Å²) in [7, 11) is 1.33. The van der Waals surface area contributed by atoms with Crippen molar-refractivity contribution < 1.29 is 62.3 Å². The predicted molar refractivity (Wildman–Crippen MR) is 166 cm³/mol. The molecule has 0 bridgehead atoms. The van der Waals surface area contributed by atoms with Crippen molar-refractivity contribution in [3.8, 4) is 28.0 Å². The van der Waals surface area contributed by atoms with E-state index in [1.807, 2.05) is 0 Å². The van der Waals surface area contributed by atoms with Crippen LogP contribution in [0.4, 0.5) is 44.3 Å². The van der Waals surface area contributed by atoms with Gasteiger partial charge in [0, 0.05) is 5.56 Å². The summed E-state index contributed by atoms with van der Waals surface area (Å²) in [6.45, 7) is 2.44. The van der Waals surface area contributed by atoms with Crippen LogP contribution in [0.1, 0.15) is 46.4 Å². The number of ether oxygens (including phenoxy) is 2. The number of cyclic esters (lactones) is 1. The third kappa shape index (κ3) is 7.84. The zero-order valence-corrected chi connectivity index (χ0v) is 27.5. The molecule has 1 amide bonds. The maximum absolute atomic E-state index is 14.0. The molecule has 17 heteroatoms. The van der Waals surface area contributed by atoms with Crippen LogP contribution in [-0.2, 0) is 45.2 Å². The second-order valence-corrected chi connectivity index (χ2v) is 12.7. The second-order valence-electron chi connectivity index (χ2n) is 11.6. The predicted octanol–water partition coefficient (Wildman–Crippen LogP) is 9.39. The Kier molecular flexibility index (Phi) is 10.2. The van der Waals surface area contributed by atoms with Crippen LogP contribution >= 0.6 is 0 Å². The molecule has 1 fully saturated rings. The van der Waals surface area contributed by atoms with Crippen molar-refractivity contribution in [2.45, 2.75) is 56.0 Å². The number of amides is 1. The molecule has 4 aromatic rings. The number of aryl methyl sites for hydroxylation is 1. The fourth-order valence-electron chi connectivity index (χ4n) is 5.86. The van der Waals surface area contributed by atoms with Crippen LogP contribution in [0.3, 0.4) is 0 Å². The van der Waals surface area contributed by atoms with Gasteiger partial charge in [-0.05, 0) is 102 Å². The van der Waals surface area contributed by atoms with Gasteiger partial charge in [0.25, 0.3) is 0 Å². The van der Waals surface area contributed by atoms with Crippen molar-refractivity contribution in [2.75, 3.05) is 7.11 Å². The van der Waals surface area contributed by atoms with Gasteiger partial charge in [0.2, 0.25) is 11.1 Å². The molecule has 7 nitrogen and oxygen atoms in total. The highest BCUT2D eigenvalue weighted by molar-refractivity contribution is 7.80. The number of halogens is 9. The lowest BCUT2D eigenvalue weighted by molar-refractivity contribution is -0.143. The molecule has 2 N–H and O–H groups in total. The van der Waals surface area contributed by atoms with Crippen LogP contribution in [0.5, 0.6) is 5.75 Å². The van der Waals surface area contributed by atoms with Gasteiger partial charge < -0.3 is 9.47 Å². The Morgan fingerprint density at radius 3 is 1.94 bits per heavy atom. The Bertz CT molecular complexity index is 1960. The lowest BCUT2D eigenvalue weighted by Crippen LogP contribution is -2.32. The van der Waals surface area contributed by atoms with Crippen molar-refractivity contribution in [1.29, 1.82) is 0 Å². The normalized spacial score (nSPS) is 17.4. The number of alkyl halides is 9. The number of hydrogen-bond donors (Lipinski definition) is 1. The van der Waals surface area contributed by atoms with Gasteiger partial charge in [0.1, 0.15) is 11.9 Å². The summed E-state index contributed by atoms with van der Waals surface area (Å²) in [6.07, 6.45) is -18.0. The molecule has 1 aliphatic heterocycles. The number of carbonyl (C=O) groups is 1. The highest BCUT2D eigenvalue weighted by atomic mass is 32.2. The smallest absolute Gasteiger partial charge is 0.416 e. The van der Waals surface area contributed by atoms with Gasteiger partial charge in [-0.1, -0.05) is 18.2 Å². The summed E-state index contributed by atoms with van der Waals surface area (Å²) < 4.78 is 151. The first-order valence-electron chi connectivity index (χ1n) is 14.8. The fraction of sp³-hybridized carbons (Fsp3) is 0.265. The van der Waals surface area contributed by atoms with E-state index in [2.05, 4.69) is 4.28 Å². The van der Waals surface area contributed by atoms with E-state index in [1.165, 1.54) is 26.2 Å². The standard InChI is InChI=1S/C34H27F9N2O5S/c1-17-10-25(51(47)50-44)6-8-26(17)19-4-9-29(48-3)28(14-19)27-7-5-22(32(35,36)37)13-21(27)16-45-18(2)30(49-31(45)46)20-11-23(33(38,39)40)15-24(12-20)34(41,42)43/h4-15,18,30H,16,44H2,1-3H3/t18-,30-,51?/m0/s1. The van der Waals surface area contributed by atoms with Gasteiger partial charge >= 0.3 is 24.6 Å². The molecule has 1 unspecified atom stereocenters. The summed E-state index contributed by atoms with van der Waals surface area (Å²) in [6, 6.07) is 12.0. The van der Waals surface area contributed by atoms with Gasteiger partial charge in [-0.2, -0.15) is 49.7 Å². The summed E-state index contributed by atoms with van der Waals surface area (Å²) in [5, 5.41) is 0. The van der Waals surface area contributed by atoms with E-state index in [-0.39, 0.29) is 27.8 Å². The average Bonchev–Trinajstić information content (AvgIpc) is 3.34. The minimum absolute atomic E-state index is 0.0650. The molecule has 51 heavy (non-hydrogen) atoms. The molecular formula is C34H27F9N2O5S. The minimum Gasteiger partial charge on any atom is -0.496 e. The topological polar surface area (TPSA) is 91.1 Å². The molecule has 0 aromatic heterocycles. The van der Waals surface area contributed by atoms with E-state index < -0.39 is 76.6 Å². The molecule has 1 heterocycles. The van der Waals surface area contributed by atoms with Crippen LogP contribution < -0.4 is 10.6 Å². The number of benzene rings is 4. The molecule has 272 valence electrons. The zero-order chi connectivity index (χ0) is 37.6. The van der Waals surface area contributed by atoms with E-state index in [9.17, 15) is 48.5 Å². The Morgan fingerprint density at radius 2 is 1.39 bits per heavy atom. The number of nitrogens with zero attached hydrogens (tertiary/aromatic N) is 1. The molecule has 3 atom stereocenters. The molecule has 1 saturated heterocycles. The first kappa shape index (κ1) is 37.6. The molecule has 1 aliphatic rings. The summed E-state index contributed by atoms with van der Waals surface area (Å²) in [5.41, 5.74) is -2.67. The van der Waals surface area contributed by atoms with Crippen molar-refractivity contribution >= 4 is 17.2 Å². The van der Waals surface area contributed by atoms with E-state index in [1.54, 1.807) is 37.3 Å². The van der Waals surface area contributed by atoms with E-state index in [0.29, 0.717) is 34.4 Å². The Balaban J connectivity index is 1.59. The highest BCUT2D eigenvalue weighted by Crippen LogP contribution is 2.44. The van der Waals surface area contributed by atoms with E-state index in [4.69, 9.17) is 15.4 Å². The summed E-state index contributed by atoms with van der Waals surface area (Å²) in [5.74, 6) is 5.26. The van der Waals surface area contributed by atoms with Crippen molar-refractivity contribution in [1.82, 2.24) is 4.90 Å². The number of nitrogens with two attached hydrogens (primary N) is 1. The SMILES string of the molecule is COc1ccc(-c2ccc(S(=O)ON)cc2C)cc1-c1ccc(C(F)(F)F)cc1CN1C(=O)O[C@H](c2cc(C(F)(F)F)cc(C(F)(F)F)c2)[C@@H]1C. The molecule has 0 spiro atoms. The summed E-state index contributed by atoms with van der Waals surface area (Å²) >= 11 is -1.93. The van der Waals surface area contributed by atoms with E-state index >= 15 is 0 Å². The van der Waals surface area contributed by atoms with Crippen LogP contribution in [-0.4, -0.2) is 28.4 Å². The van der Waals surface area contributed by atoms with Crippen LogP contribution in [0.25, 0.3) is 22.3 Å². The first-order valence-corrected chi connectivity index (χ1v) is 15.9. The minimum atomic E-state index is -5.17. The molecule has 0 saturated carbocycles. The molecular weight excluding hydrogens is 719 g/mol. The molecule has 0 aliphatic carbocycles. The van der Waals surface area contributed by atoms with Crippen LogP contribution in [0.2, 0.25) is 0 Å². The van der Waals surface area contributed by atoms with Gasteiger partial charge in [0.15, 0.2) is 0 Å². The fourth-order valence-corrected chi connectivity index (χ4v) is 6.42. The Hall–Kier alpha value is -4.61. The third-order valence-corrected chi connectivity index (χ3v) is 9.20. The Morgan fingerprint density at radius 1 is 0.784 bits per heavy atom. The monoisotopic (exact) mass is 746 g/mol. The zero-order valence-electron chi connectivity index (χ0n) is 26.7. The molecule has 4 aromatic carbocycles. The number of carbonyl (C=O) groups excluding carboxylic acids is 1. The number of rotatable bonds is 8. The van der Waals surface area contributed by atoms with Gasteiger partial charge in [-0.25, -0.2) is 9.00 Å². The van der Waals surface area contributed by atoms with Gasteiger partial charge in [0.05, 0.1) is 41.3 Å². The average molecular weight is 747 g/mol. The first-order chi connectivity index (χ1) is 23.7. The van der Waals surface area contributed by atoms with Gasteiger partial charge in [-0.3, -0.25) is 4.90 Å².